The molecule has 0 saturated heterocycles. The lowest BCUT2D eigenvalue weighted by Crippen LogP contribution is -2.03. The molecule has 0 fully saturated rings. The summed E-state index contributed by atoms with van der Waals surface area (Å²) < 4.78 is 2.49. The van der Waals surface area contributed by atoms with Gasteiger partial charge in [-0.1, -0.05) is 0 Å². The minimum atomic E-state index is -0.00407. The summed E-state index contributed by atoms with van der Waals surface area (Å²) in [6.07, 6.45) is 0. The zero-order valence-corrected chi connectivity index (χ0v) is 7.39. The lowest BCUT2D eigenvalue weighted by atomic mass is 10.5. The van der Waals surface area contributed by atoms with Crippen LogP contribution in [0.2, 0.25) is 0 Å². The fourth-order valence-corrected chi connectivity index (χ4v) is 1.08. The van der Waals surface area contributed by atoms with Crippen LogP contribution in [0.3, 0.4) is 0 Å². The highest BCUT2D eigenvalue weighted by Crippen LogP contribution is 2.01. The van der Waals surface area contributed by atoms with E-state index in [1.165, 1.54) is 0 Å². The molecule has 4 heteroatoms. The van der Waals surface area contributed by atoms with Crippen LogP contribution >= 0.6 is 22.6 Å². The molecule has 1 rings (SSSR count). The predicted molar refractivity (Wildman–Crippen MR) is 43.5 cm³/mol. The predicted octanol–water partition coefficient (Wildman–Crippen LogP) is 0.626. The third kappa shape index (κ3) is 1.03. The number of nitrogens with zero attached hydrogens (tertiary/aromatic N) is 1. The van der Waals surface area contributed by atoms with Crippen molar-refractivity contribution in [1.82, 2.24) is 9.78 Å². The standard InChI is InChI=1S/C5H7IN2O/c1-3-4(6)5(9)7-8(3)2/h1-2H3,(H,7,9). The molecule has 0 radical (unpaired) electrons. The fourth-order valence-electron chi connectivity index (χ4n) is 0.597. The number of aromatic nitrogens is 2. The second-order valence-corrected chi connectivity index (χ2v) is 2.98. The summed E-state index contributed by atoms with van der Waals surface area (Å²) in [5.41, 5.74) is 0.983. The summed E-state index contributed by atoms with van der Waals surface area (Å²) in [7, 11) is 1.82. The molecule has 50 valence electrons. The average Bonchev–Trinajstić information content (AvgIpc) is 1.98. The van der Waals surface area contributed by atoms with Gasteiger partial charge in [0.25, 0.3) is 5.56 Å². The van der Waals surface area contributed by atoms with E-state index in [4.69, 9.17) is 0 Å². The van der Waals surface area contributed by atoms with Gasteiger partial charge in [0, 0.05) is 7.05 Å². The van der Waals surface area contributed by atoms with Crippen molar-refractivity contribution in [2.45, 2.75) is 6.92 Å². The molecule has 0 aliphatic heterocycles. The van der Waals surface area contributed by atoms with E-state index in [0.717, 1.165) is 9.26 Å². The number of aryl methyl sites for hydroxylation is 1. The maximum absolute atomic E-state index is 10.8. The first-order valence-electron chi connectivity index (χ1n) is 2.54. The van der Waals surface area contributed by atoms with Gasteiger partial charge in [-0.3, -0.25) is 14.6 Å². The van der Waals surface area contributed by atoms with Crippen molar-refractivity contribution in [2.75, 3.05) is 0 Å². The maximum Gasteiger partial charge on any atom is 0.277 e. The molecule has 0 bridgehead atoms. The topological polar surface area (TPSA) is 37.8 Å². The molecule has 1 aromatic rings. The van der Waals surface area contributed by atoms with Gasteiger partial charge in [0.1, 0.15) is 3.57 Å². The van der Waals surface area contributed by atoms with Crippen LogP contribution in [-0.4, -0.2) is 9.78 Å². The quantitative estimate of drug-likeness (QED) is 0.661. The number of rotatable bonds is 0. The van der Waals surface area contributed by atoms with Crippen molar-refractivity contribution in [2.24, 2.45) is 7.05 Å². The van der Waals surface area contributed by atoms with Gasteiger partial charge in [0.2, 0.25) is 0 Å². The van der Waals surface area contributed by atoms with Gasteiger partial charge in [-0.25, -0.2) is 0 Å². The van der Waals surface area contributed by atoms with E-state index < -0.39 is 0 Å². The molecule has 0 unspecified atom stereocenters. The first-order chi connectivity index (χ1) is 4.13. The van der Waals surface area contributed by atoms with Crippen LogP contribution < -0.4 is 5.56 Å². The van der Waals surface area contributed by atoms with E-state index in [-0.39, 0.29) is 5.56 Å². The Morgan fingerprint density at radius 2 is 2.22 bits per heavy atom. The molecule has 0 aromatic carbocycles. The maximum atomic E-state index is 10.8. The third-order valence-electron chi connectivity index (χ3n) is 1.29. The molecule has 0 spiro atoms. The Morgan fingerprint density at radius 1 is 1.67 bits per heavy atom. The Kier molecular flexibility index (Phi) is 1.65. The van der Waals surface area contributed by atoms with Crippen LogP contribution in [0, 0.1) is 10.5 Å². The molecule has 0 aliphatic rings. The summed E-state index contributed by atoms with van der Waals surface area (Å²) in [6.45, 7) is 1.90. The van der Waals surface area contributed by atoms with E-state index in [1.54, 1.807) is 4.68 Å². The molecule has 0 amide bonds. The van der Waals surface area contributed by atoms with Crippen molar-refractivity contribution in [1.29, 1.82) is 0 Å². The summed E-state index contributed by atoms with van der Waals surface area (Å²) in [5.74, 6) is 0. The minimum absolute atomic E-state index is 0.00407. The Balaban J connectivity index is 3.47. The van der Waals surface area contributed by atoms with Crippen molar-refractivity contribution in [3.63, 3.8) is 0 Å². The highest BCUT2D eigenvalue weighted by atomic mass is 127. The number of hydrogen-bond donors (Lipinski definition) is 1. The van der Waals surface area contributed by atoms with E-state index in [2.05, 4.69) is 5.10 Å². The lowest BCUT2D eigenvalue weighted by molar-refractivity contribution is 0.730. The third-order valence-corrected chi connectivity index (χ3v) is 2.56. The summed E-state index contributed by atoms with van der Waals surface area (Å²) in [5, 5.41) is 2.63. The van der Waals surface area contributed by atoms with Gasteiger partial charge < -0.3 is 0 Å². The van der Waals surface area contributed by atoms with Gasteiger partial charge in [-0.05, 0) is 29.5 Å². The van der Waals surface area contributed by atoms with Crippen LogP contribution in [0.5, 0.6) is 0 Å². The van der Waals surface area contributed by atoms with Crippen molar-refractivity contribution in [3.05, 3.63) is 19.6 Å². The average molecular weight is 238 g/mol. The largest absolute Gasteiger partial charge is 0.291 e. The lowest BCUT2D eigenvalue weighted by Gasteiger charge is -1.90. The highest BCUT2D eigenvalue weighted by molar-refractivity contribution is 14.1. The number of halogens is 1. The molecule has 0 atom stereocenters. The fraction of sp³-hybridized carbons (Fsp3) is 0.400. The van der Waals surface area contributed by atoms with Crippen molar-refractivity contribution >= 4 is 22.6 Å². The molecule has 3 nitrogen and oxygen atoms in total. The molecule has 9 heavy (non-hydrogen) atoms. The SMILES string of the molecule is Cc1c(I)c(=O)[nH]n1C. The Hall–Kier alpha value is -0.260. The first kappa shape index (κ1) is 6.85. The molecule has 1 N–H and O–H groups in total. The Bertz CT molecular complexity index is 273. The van der Waals surface area contributed by atoms with E-state index >= 15 is 0 Å². The highest BCUT2D eigenvalue weighted by Gasteiger charge is 2.02. The summed E-state index contributed by atoms with van der Waals surface area (Å²) in [4.78, 5) is 10.8. The summed E-state index contributed by atoms with van der Waals surface area (Å²) in [6, 6.07) is 0. The Labute approximate surface area is 66.2 Å². The van der Waals surface area contributed by atoms with Gasteiger partial charge in [-0.2, -0.15) is 0 Å². The smallest absolute Gasteiger partial charge is 0.277 e. The Morgan fingerprint density at radius 3 is 2.33 bits per heavy atom. The van der Waals surface area contributed by atoms with E-state index in [9.17, 15) is 4.79 Å². The molecule has 1 aromatic heterocycles. The van der Waals surface area contributed by atoms with Crippen LogP contribution in [0.15, 0.2) is 4.79 Å². The zero-order valence-electron chi connectivity index (χ0n) is 5.23. The number of nitrogens with one attached hydrogen (secondary N) is 1. The normalized spacial score (nSPS) is 10.1. The van der Waals surface area contributed by atoms with Gasteiger partial charge >= 0.3 is 0 Å². The van der Waals surface area contributed by atoms with Gasteiger partial charge in [0.15, 0.2) is 0 Å². The molecule has 0 saturated carbocycles. The van der Waals surface area contributed by atoms with E-state index in [1.807, 2.05) is 36.6 Å². The molecular formula is C5H7IN2O. The zero-order chi connectivity index (χ0) is 7.02. The van der Waals surface area contributed by atoms with Crippen LogP contribution in [-0.2, 0) is 7.05 Å². The van der Waals surface area contributed by atoms with Gasteiger partial charge in [-0.15, -0.1) is 0 Å². The number of aromatic amines is 1. The second-order valence-electron chi connectivity index (χ2n) is 1.90. The van der Waals surface area contributed by atoms with Crippen LogP contribution in [0.4, 0.5) is 0 Å². The number of H-pyrrole nitrogens is 1. The molecular weight excluding hydrogens is 231 g/mol. The van der Waals surface area contributed by atoms with Crippen LogP contribution in [0.25, 0.3) is 0 Å². The van der Waals surface area contributed by atoms with E-state index in [0.29, 0.717) is 0 Å². The van der Waals surface area contributed by atoms with Gasteiger partial charge in [0.05, 0.1) is 5.69 Å². The second kappa shape index (κ2) is 2.17. The summed E-state index contributed by atoms with van der Waals surface area (Å²) >= 11 is 2.03. The minimum Gasteiger partial charge on any atom is -0.291 e. The molecule has 1 heterocycles. The molecule has 0 aliphatic carbocycles. The van der Waals surface area contributed by atoms with Crippen LogP contribution in [0.1, 0.15) is 5.69 Å². The first-order valence-corrected chi connectivity index (χ1v) is 3.62. The van der Waals surface area contributed by atoms with Crippen molar-refractivity contribution in [3.8, 4) is 0 Å². The monoisotopic (exact) mass is 238 g/mol. The van der Waals surface area contributed by atoms with Crippen molar-refractivity contribution < 1.29 is 0 Å². The number of hydrogen-bond acceptors (Lipinski definition) is 1.